The van der Waals surface area contributed by atoms with Crippen LogP contribution in [0.5, 0.6) is 5.75 Å². The van der Waals surface area contributed by atoms with E-state index in [4.69, 9.17) is 38.1 Å². The van der Waals surface area contributed by atoms with E-state index in [0.29, 0.717) is 28.0 Å². The highest BCUT2D eigenvalue weighted by Crippen LogP contribution is 2.26. The fourth-order valence-corrected chi connectivity index (χ4v) is 2.95. The lowest BCUT2D eigenvalue weighted by atomic mass is 10.2. The first-order chi connectivity index (χ1) is 14.9. The minimum atomic E-state index is -1.10. The molecular weight excluding hydrogens is 440 g/mol. The van der Waals surface area contributed by atoms with Gasteiger partial charge in [0.2, 0.25) is 5.91 Å². The van der Waals surface area contributed by atoms with Gasteiger partial charge in [-0.05, 0) is 72.9 Å². The second-order valence-electron chi connectivity index (χ2n) is 6.21. The lowest BCUT2D eigenvalue weighted by Crippen LogP contribution is -2.33. The standard InChI is InChI=1S/C22H17ClN2O5S/c1-29-19-9-4-14(21(27)28)12-17(19)24-22(31)25-20(26)11-8-16-7-10-18(30-16)13-2-5-15(23)6-3-13/h2-12H,1H3,(H,27,28)(H2,24,25,26,31)/b11-8+. The largest absolute Gasteiger partial charge is 0.495 e. The molecule has 0 radical (unpaired) electrons. The number of hydrogen-bond acceptors (Lipinski definition) is 5. The molecule has 31 heavy (non-hydrogen) atoms. The van der Waals surface area contributed by atoms with E-state index in [-0.39, 0.29) is 10.7 Å². The van der Waals surface area contributed by atoms with Gasteiger partial charge in [-0.1, -0.05) is 11.6 Å². The van der Waals surface area contributed by atoms with Gasteiger partial charge in [-0.2, -0.15) is 0 Å². The third-order valence-electron chi connectivity index (χ3n) is 4.09. The van der Waals surface area contributed by atoms with Crippen LogP contribution < -0.4 is 15.4 Å². The monoisotopic (exact) mass is 456 g/mol. The number of benzene rings is 2. The van der Waals surface area contributed by atoms with Crippen LogP contribution in [-0.4, -0.2) is 29.2 Å². The van der Waals surface area contributed by atoms with Crippen molar-refractivity contribution in [2.75, 3.05) is 12.4 Å². The summed E-state index contributed by atoms with van der Waals surface area (Å²) in [5.74, 6) is -0.0908. The molecule has 0 atom stereocenters. The van der Waals surface area contributed by atoms with Crippen molar-refractivity contribution in [1.29, 1.82) is 0 Å². The van der Waals surface area contributed by atoms with Gasteiger partial charge in [0.1, 0.15) is 17.3 Å². The fraction of sp³-hybridized carbons (Fsp3) is 0.0455. The second-order valence-corrected chi connectivity index (χ2v) is 7.05. The van der Waals surface area contributed by atoms with Crippen molar-refractivity contribution in [1.82, 2.24) is 5.32 Å². The first-order valence-electron chi connectivity index (χ1n) is 8.93. The maximum Gasteiger partial charge on any atom is 0.335 e. The maximum absolute atomic E-state index is 12.2. The van der Waals surface area contributed by atoms with Crippen molar-refractivity contribution < 1.29 is 23.8 Å². The van der Waals surface area contributed by atoms with E-state index in [1.54, 1.807) is 24.3 Å². The van der Waals surface area contributed by atoms with E-state index in [1.807, 2.05) is 12.1 Å². The summed E-state index contributed by atoms with van der Waals surface area (Å²) in [4.78, 5) is 23.3. The minimum Gasteiger partial charge on any atom is -0.495 e. The number of nitrogens with one attached hydrogen (secondary N) is 2. The Morgan fingerprint density at radius 1 is 1.13 bits per heavy atom. The van der Waals surface area contributed by atoms with Gasteiger partial charge in [0.15, 0.2) is 5.11 Å². The van der Waals surface area contributed by atoms with Gasteiger partial charge in [-0.25, -0.2) is 4.79 Å². The first-order valence-corrected chi connectivity index (χ1v) is 9.71. The van der Waals surface area contributed by atoms with Gasteiger partial charge < -0.3 is 19.6 Å². The first kappa shape index (κ1) is 22.1. The van der Waals surface area contributed by atoms with Gasteiger partial charge in [0.05, 0.1) is 18.4 Å². The van der Waals surface area contributed by atoms with Crippen LogP contribution >= 0.6 is 23.8 Å². The zero-order chi connectivity index (χ0) is 22.4. The molecule has 7 nitrogen and oxygen atoms in total. The SMILES string of the molecule is COc1ccc(C(=O)O)cc1NC(=S)NC(=O)/C=C/c1ccc(-c2ccc(Cl)cc2)o1. The number of furan rings is 1. The summed E-state index contributed by atoms with van der Waals surface area (Å²) in [6.45, 7) is 0. The van der Waals surface area contributed by atoms with E-state index in [1.165, 1.54) is 37.5 Å². The number of carbonyl (C=O) groups is 2. The Morgan fingerprint density at radius 3 is 2.55 bits per heavy atom. The van der Waals surface area contributed by atoms with E-state index < -0.39 is 11.9 Å². The summed E-state index contributed by atoms with van der Waals surface area (Å²) in [6, 6.07) is 15.0. The summed E-state index contributed by atoms with van der Waals surface area (Å²) in [5.41, 5.74) is 1.22. The minimum absolute atomic E-state index is 0.0169. The Kier molecular flexibility index (Phi) is 7.07. The number of hydrogen-bond donors (Lipinski definition) is 3. The molecule has 0 aliphatic rings. The molecule has 1 heterocycles. The summed E-state index contributed by atoms with van der Waals surface area (Å²) in [5, 5.41) is 15.0. The van der Waals surface area contributed by atoms with Crippen LogP contribution in [0.2, 0.25) is 5.02 Å². The molecule has 0 aliphatic carbocycles. The van der Waals surface area contributed by atoms with Crippen LogP contribution in [0.25, 0.3) is 17.4 Å². The number of halogens is 1. The van der Waals surface area contributed by atoms with E-state index in [0.717, 1.165) is 5.56 Å². The molecule has 0 saturated carbocycles. The zero-order valence-electron chi connectivity index (χ0n) is 16.2. The van der Waals surface area contributed by atoms with Gasteiger partial charge in [-0.15, -0.1) is 0 Å². The third-order valence-corrected chi connectivity index (χ3v) is 4.54. The molecule has 0 bridgehead atoms. The number of ether oxygens (including phenoxy) is 1. The van der Waals surface area contributed by atoms with Gasteiger partial charge in [0, 0.05) is 16.7 Å². The molecule has 0 saturated heterocycles. The van der Waals surface area contributed by atoms with Crippen molar-refractivity contribution in [2.45, 2.75) is 0 Å². The molecule has 0 aliphatic heterocycles. The lowest BCUT2D eigenvalue weighted by Gasteiger charge is -2.12. The van der Waals surface area contributed by atoms with Crippen LogP contribution in [-0.2, 0) is 4.79 Å². The Morgan fingerprint density at radius 2 is 1.87 bits per heavy atom. The number of carbonyl (C=O) groups excluding carboxylic acids is 1. The van der Waals surface area contributed by atoms with E-state index in [9.17, 15) is 9.59 Å². The van der Waals surface area contributed by atoms with Crippen LogP contribution in [0, 0.1) is 0 Å². The number of aromatic carboxylic acids is 1. The van der Waals surface area contributed by atoms with Crippen molar-refractivity contribution in [2.24, 2.45) is 0 Å². The Balaban J connectivity index is 1.61. The predicted molar refractivity (Wildman–Crippen MR) is 123 cm³/mol. The molecule has 0 spiro atoms. The highest BCUT2D eigenvalue weighted by atomic mass is 35.5. The average Bonchev–Trinajstić information content (AvgIpc) is 3.21. The number of amides is 1. The molecule has 0 unspecified atom stereocenters. The Bertz CT molecular complexity index is 1150. The number of rotatable bonds is 6. The molecule has 9 heteroatoms. The molecule has 1 aromatic heterocycles. The highest BCUT2D eigenvalue weighted by molar-refractivity contribution is 7.80. The van der Waals surface area contributed by atoms with Crippen LogP contribution in [0.1, 0.15) is 16.1 Å². The molecule has 3 N–H and O–H groups in total. The zero-order valence-corrected chi connectivity index (χ0v) is 17.8. The molecule has 3 aromatic rings. The number of carboxylic acids is 1. The van der Waals surface area contributed by atoms with Gasteiger partial charge in [0.25, 0.3) is 0 Å². The molecule has 1 amide bonds. The maximum atomic E-state index is 12.2. The van der Waals surface area contributed by atoms with E-state index >= 15 is 0 Å². The molecule has 3 rings (SSSR count). The molecule has 2 aromatic carbocycles. The molecule has 0 fully saturated rings. The number of carboxylic acid groups (broad SMARTS) is 1. The Labute approximate surface area is 188 Å². The van der Waals surface area contributed by atoms with Crippen molar-refractivity contribution in [3.8, 4) is 17.1 Å². The smallest absolute Gasteiger partial charge is 0.335 e. The van der Waals surface area contributed by atoms with Crippen molar-refractivity contribution in [3.63, 3.8) is 0 Å². The van der Waals surface area contributed by atoms with Crippen molar-refractivity contribution >= 4 is 52.6 Å². The van der Waals surface area contributed by atoms with Gasteiger partial charge in [-0.3, -0.25) is 10.1 Å². The summed E-state index contributed by atoms with van der Waals surface area (Å²) >= 11 is 11.0. The summed E-state index contributed by atoms with van der Waals surface area (Å²) < 4.78 is 10.9. The lowest BCUT2D eigenvalue weighted by molar-refractivity contribution is -0.115. The second kappa shape index (κ2) is 9.92. The third kappa shape index (κ3) is 5.94. The van der Waals surface area contributed by atoms with Gasteiger partial charge >= 0.3 is 5.97 Å². The number of thiocarbonyl (C=S) groups is 1. The fourth-order valence-electron chi connectivity index (χ4n) is 2.62. The molecular formula is C22H17ClN2O5S. The molecule has 158 valence electrons. The van der Waals surface area contributed by atoms with E-state index in [2.05, 4.69) is 10.6 Å². The normalized spacial score (nSPS) is 10.6. The Hall–Kier alpha value is -3.62. The number of methoxy groups -OCH3 is 1. The summed E-state index contributed by atoms with van der Waals surface area (Å²) in [6.07, 6.45) is 2.77. The van der Waals surface area contributed by atoms with Crippen molar-refractivity contribution in [3.05, 3.63) is 77.0 Å². The predicted octanol–water partition coefficient (Wildman–Crippen LogP) is 4.83. The number of anilines is 1. The quantitative estimate of drug-likeness (QED) is 0.360. The average molecular weight is 457 g/mol. The highest BCUT2D eigenvalue weighted by Gasteiger charge is 2.11. The summed E-state index contributed by atoms with van der Waals surface area (Å²) in [7, 11) is 1.44. The topological polar surface area (TPSA) is 101 Å². The van der Waals surface area contributed by atoms with Crippen LogP contribution in [0.15, 0.2) is 65.1 Å². The van der Waals surface area contributed by atoms with Crippen LogP contribution in [0.4, 0.5) is 5.69 Å². The van der Waals surface area contributed by atoms with Crippen LogP contribution in [0.3, 0.4) is 0 Å².